The van der Waals surface area contributed by atoms with Crippen LogP contribution >= 0.6 is 0 Å². The van der Waals surface area contributed by atoms with Crippen molar-refractivity contribution in [3.05, 3.63) is 0 Å². The molecule has 0 radical (unpaired) electrons. The minimum absolute atomic E-state index is 0.241. The molecule has 8 N–H and O–H groups in total. The lowest BCUT2D eigenvalue weighted by Gasteiger charge is -2.29. The highest BCUT2D eigenvalue weighted by Gasteiger charge is 2.33. The van der Waals surface area contributed by atoms with E-state index < -0.39 is 66.1 Å². The summed E-state index contributed by atoms with van der Waals surface area (Å²) in [7, 11) is 0. The van der Waals surface area contributed by atoms with Crippen molar-refractivity contribution in [2.24, 2.45) is 23.3 Å². The molecule has 0 spiro atoms. The quantitative estimate of drug-likeness (QED) is 0.222. The predicted molar refractivity (Wildman–Crippen MR) is 105 cm³/mol. The number of carbonyl (C=O) groups excluding carboxylic acids is 4. The molecule has 11 nitrogen and oxygen atoms in total. The van der Waals surface area contributed by atoms with Gasteiger partial charge in [-0.15, -0.1) is 0 Å². The zero-order chi connectivity index (χ0) is 22.9. The highest BCUT2D eigenvalue weighted by molar-refractivity contribution is 5.95. The fourth-order valence-corrected chi connectivity index (χ4v) is 2.43. The highest BCUT2D eigenvalue weighted by atomic mass is 16.4. The van der Waals surface area contributed by atoms with Gasteiger partial charge in [0.2, 0.25) is 23.6 Å². The molecule has 0 aliphatic carbocycles. The molecule has 0 fully saturated rings. The van der Waals surface area contributed by atoms with Crippen LogP contribution in [-0.2, 0) is 24.0 Å². The normalized spacial score (nSPS) is 16.1. The Bertz CT molecular complexity index is 622. The van der Waals surface area contributed by atoms with Crippen molar-refractivity contribution >= 4 is 29.6 Å². The molecule has 29 heavy (non-hydrogen) atoms. The summed E-state index contributed by atoms with van der Waals surface area (Å²) in [6, 6.07) is -4.34. The molecule has 0 heterocycles. The van der Waals surface area contributed by atoms with Crippen molar-refractivity contribution in [2.45, 2.75) is 71.6 Å². The molecular formula is C18H33N5O6. The average Bonchev–Trinajstić information content (AvgIpc) is 2.61. The number of nitrogens with one attached hydrogen (secondary N) is 3. The number of carbonyl (C=O) groups is 5. The molecule has 0 saturated carbocycles. The van der Waals surface area contributed by atoms with Gasteiger partial charge in [-0.1, -0.05) is 34.1 Å². The van der Waals surface area contributed by atoms with Gasteiger partial charge < -0.3 is 32.5 Å². The Morgan fingerprint density at radius 1 is 0.862 bits per heavy atom. The molecule has 0 bridgehead atoms. The molecule has 5 atom stereocenters. The Kier molecular flexibility index (Phi) is 10.9. The Morgan fingerprint density at radius 3 is 1.72 bits per heavy atom. The molecular weight excluding hydrogens is 382 g/mol. The molecule has 0 rings (SSSR count). The lowest BCUT2D eigenvalue weighted by molar-refractivity contribution is -0.144. The zero-order valence-electron chi connectivity index (χ0n) is 17.5. The van der Waals surface area contributed by atoms with E-state index >= 15 is 0 Å². The minimum Gasteiger partial charge on any atom is -0.480 e. The maximum Gasteiger partial charge on any atom is 0.326 e. The van der Waals surface area contributed by atoms with Gasteiger partial charge in [-0.05, 0) is 18.8 Å². The topological polar surface area (TPSA) is 194 Å². The smallest absolute Gasteiger partial charge is 0.326 e. The molecule has 0 aliphatic rings. The number of carboxylic acids is 1. The van der Waals surface area contributed by atoms with Gasteiger partial charge >= 0.3 is 5.97 Å². The van der Waals surface area contributed by atoms with Gasteiger partial charge in [0, 0.05) is 0 Å². The lowest BCUT2D eigenvalue weighted by Crippen LogP contribution is -2.59. The molecule has 11 heteroatoms. The van der Waals surface area contributed by atoms with Crippen molar-refractivity contribution in [1.29, 1.82) is 0 Å². The Balaban J connectivity index is 5.43. The SMILES string of the molecule is CCC(C)C(NC(=O)C(C)N)C(=O)NC(C(=O)NC(CC(N)=O)C(=O)O)C(C)C. The van der Waals surface area contributed by atoms with Gasteiger partial charge in [0.05, 0.1) is 12.5 Å². The van der Waals surface area contributed by atoms with Crippen molar-refractivity contribution in [2.75, 3.05) is 0 Å². The molecule has 166 valence electrons. The van der Waals surface area contributed by atoms with Crippen LogP contribution in [-0.4, -0.2) is 58.9 Å². The first-order valence-corrected chi connectivity index (χ1v) is 9.49. The molecule has 0 saturated heterocycles. The van der Waals surface area contributed by atoms with Crippen LogP contribution in [0.25, 0.3) is 0 Å². The van der Waals surface area contributed by atoms with Crippen molar-refractivity contribution in [1.82, 2.24) is 16.0 Å². The van der Waals surface area contributed by atoms with Crippen LogP contribution in [0.1, 0.15) is 47.5 Å². The van der Waals surface area contributed by atoms with E-state index in [9.17, 15) is 24.0 Å². The molecule has 0 aromatic rings. The van der Waals surface area contributed by atoms with Crippen molar-refractivity contribution in [3.63, 3.8) is 0 Å². The number of amides is 4. The number of rotatable bonds is 12. The summed E-state index contributed by atoms with van der Waals surface area (Å²) in [6.45, 7) is 8.41. The second kappa shape index (κ2) is 12.0. The predicted octanol–water partition coefficient (Wildman–Crippen LogP) is -1.55. The summed E-state index contributed by atoms with van der Waals surface area (Å²) < 4.78 is 0. The summed E-state index contributed by atoms with van der Waals surface area (Å²) in [4.78, 5) is 59.5. The van der Waals surface area contributed by atoms with Gasteiger partial charge in [0.15, 0.2) is 0 Å². The van der Waals surface area contributed by atoms with Gasteiger partial charge in [-0.3, -0.25) is 19.2 Å². The number of nitrogens with two attached hydrogens (primary N) is 2. The first kappa shape index (κ1) is 26.3. The van der Waals surface area contributed by atoms with E-state index in [4.69, 9.17) is 16.6 Å². The summed E-state index contributed by atoms with van der Waals surface area (Å²) in [5.41, 5.74) is 10.6. The Morgan fingerprint density at radius 2 is 1.34 bits per heavy atom. The Hall–Kier alpha value is -2.69. The third-order valence-electron chi connectivity index (χ3n) is 4.47. The molecule has 4 amide bonds. The zero-order valence-corrected chi connectivity index (χ0v) is 17.5. The third-order valence-corrected chi connectivity index (χ3v) is 4.47. The number of carboxylic acid groups (broad SMARTS) is 1. The number of aliphatic carboxylic acids is 1. The van der Waals surface area contributed by atoms with Gasteiger partial charge in [0.1, 0.15) is 18.1 Å². The second-order valence-corrected chi connectivity index (χ2v) is 7.46. The van der Waals surface area contributed by atoms with Crippen molar-refractivity contribution in [3.8, 4) is 0 Å². The van der Waals surface area contributed by atoms with E-state index in [2.05, 4.69) is 16.0 Å². The molecule has 0 aromatic carbocycles. The van der Waals surface area contributed by atoms with Crippen LogP contribution in [0, 0.1) is 11.8 Å². The van der Waals surface area contributed by atoms with Crippen LogP contribution in [0.5, 0.6) is 0 Å². The fraction of sp³-hybridized carbons (Fsp3) is 0.722. The van der Waals surface area contributed by atoms with Crippen LogP contribution in [0.2, 0.25) is 0 Å². The minimum atomic E-state index is -1.51. The third kappa shape index (κ3) is 8.90. The number of primary amides is 1. The first-order chi connectivity index (χ1) is 13.3. The summed E-state index contributed by atoms with van der Waals surface area (Å²) in [6.07, 6.45) is -0.00463. The Labute approximate surface area is 170 Å². The summed E-state index contributed by atoms with van der Waals surface area (Å²) >= 11 is 0. The van der Waals surface area contributed by atoms with Gasteiger partial charge in [0.25, 0.3) is 0 Å². The van der Waals surface area contributed by atoms with Crippen LogP contribution in [0.3, 0.4) is 0 Å². The first-order valence-electron chi connectivity index (χ1n) is 9.49. The average molecular weight is 415 g/mol. The standard InChI is InChI=1S/C18H33N5O6/c1-6-9(4)14(23-15(25)10(5)19)17(27)22-13(8(2)3)16(26)21-11(18(28)29)7-12(20)24/h8-11,13-14H,6-7,19H2,1-5H3,(H2,20,24)(H,21,26)(H,22,27)(H,23,25)(H,28,29). The van der Waals surface area contributed by atoms with E-state index in [0.29, 0.717) is 6.42 Å². The second-order valence-electron chi connectivity index (χ2n) is 7.46. The van der Waals surface area contributed by atoms with Crippen LogP contribution < -0.4 is 27.4 Å². The number of hydrogen-bond donors (Lipinski definition) is 6. The largest absolute Gasteiger partial charge is 0.480 e. The summed E-state index contributed by atoms with van der Waals surface area (Å²) in [5, 5.41) is 16.5. The lowest BCUT2D eigenvalue weighted by atomic mass is 9.96. The maximum atomic E-state index is 12.8. The van der Waals surface area contributed by atoms with Gasteiger partial charge in [-0.2, -0.15) is 0 Å². The fourth-order valence-electron chi connectivity index (χ4n) is 2.43. The van der Waals surface area contributed by atoms with Crippen LogP contribution in [0.15, 0.2) is 0 Å². The van der Waals surface area contributed by atoms with Crippen molar-refractivity contribution < 1.29 is 29.1 Å². The molecule has 0 aliphatic heterocycles. The van der Waals surface area contributed by atoms with Gasteiger partial charge in [-0.25, -0.2) is 4.79 Å². The van der Waals surface area contributed by atoms with E-state index in [0.717, 1.165) is 0 Å². The van der Waals surface area contributed by atoms with E-state index in [1.807, 2.05) is 6.92 Å². The molecule has 0 aromatic heterocycles. The molecule has 5 unspecified atom stereocenters. The van der Waals surface area contributed by atoms with E-state index in [1.54, 1.807) is 20.8 Å². The maximum absolute atomic E-state index is 12.8. The van der Waals surface area contributed by atoms with E-state index in [-0.39, 0.29) is 5.92 Å². The monoisotopic (exact) mass is 415 g/mol. The highest BCUT2D eigenvalue weighted by Crippen LogP contribution is 2.11. The van der Waals surface area contributed by atoms with E-state index in [1.165, 1.54) is 6.92 Å². The van der Waals surface area contributed by atoms with Crippen LogP contribution in [0.4, 0.5) is 0 Å². The summed E-state index contributed by atoms with van der Waals surface area (Å²) in [5.74, 6) is -4.83. The number of hydrogen-bond acceptors (Lipinski definition) is 6.